The van der Waals surface area contributed by atoms with Gasteiger partial charge in [0.1, 0.15) is 5.69 Å². The van der Waals surface area contributed by atoms with Crippen molar-refractivity contribution in [2.24, 2.45) is 0 Å². The van der Waals surface area contributed by atoms with Gasteiger partial charge in [-0.05, 0) is 31.7 Å². The van der Waals surface area contributed by atoms with Gasteiger partial charge in [-0.3, -0.25) is 9.89 Å². The Morgan fingerprint density at radius 3 is 3.20 bits per heavy atom. The third-order valence-electron chi connectivity index (χ3n) is 3.09. The van der Waals surface area contributed by atoms with Crippen molar-refractivity contribution in [3.8, 4) is 0 Å². The topological polar surface area (TPSA) is 49.0 Å². The number of nitrogens with one attached hydrogen (secondary N) is 1. The van der Waals surface area contributed by atoms with Crippen LogP contribution >= 0.6 is 0 Å². The van der Waals surface area contributed by atoms with Gasteiger partial charge in [0.25, 0.3) is 5.91 Å². The number of nitrogens with zero attached hydrogens (tertiary/aromatic N) is 2. The quantitative estimate of drug-likeness (QED) is 0.804. The lowest BCUT2D eigenvalue weighted by atomic mass is 10.00. The lowest BCUT2D eigenvalue weighted by Gasteiger charge is -2.34. The number of carbonyl (C=O) groups excluding carboxylic acids is 1. The van der Waals surface area contributed by atoms with E-state index in [0.29, 0.717) is 11.7 Å². The van der Waals surface area contributed by atoms with E-state index < -0.39 is 0 Å². The van der Waals surface area contributed by atoms with E-state index in [2.05, 4.69) is 17.1 Å². The molecule has 0 spiro atoms. The van der Waals surface area contributed by atoms with Crippen LogP contribution in [-0.2, 0) is 0 Å². The molecule has 2 heterocycles. The molecular weight excluding hydrogens is 190 g/mol. The number of aromatic nitrogens is 2. The molecule has 1 aliphatic rings. The van der Waals surface area contributed by atoms with Crippen molar-refractivity contribution in [2.45, 2.75) is 38.6 Å². The number of aromatic amines is 1. The van der Waals surface area contributed by atoms with E-state index in [1.54, 1.807) is 12.3 Å². The highest BCUT2D eigenvalue weighted by molar-refractivity contribution is 5.92. The molecule has 4 nitrogen and oxygen atoms in total. The summed E-state index contributed by atoms with van der Waals surface area (Å²) in [6.45, 7) is 3.03. The molecule has 1 amide bonds. The van der Waals surface area contributed by atoms with Crippen molar-refractivity contribution in [3.63, 3.8) is 0 Å². The summed E-state index contributed by atoms with van der Waals surface area (Å²) in [5.41, 5.74) is 0.607. The van der Waals surface area contributed by atoms with E-state index >= 15 is 0 Å². The molecule has 1 atom stereocenters. The second-order valence-corrected chi connectivity index (χ2v) is 4.03. The highest BCUT2D eigenvalue weighted by Crippen LogP contribution is 2.20. The Balaban J connectivity index is 2.11. The molecule has 0 saturated carbocycles. The van der Waals surface area contributed by atoms with Crippen LogP contribution in [-0.4, -0.2) is 33.6 Å². The minimum absolute atomic E-state index is 0.0963. The van der Waals surface area contributed by atoms with Crippen molar-refractivity contribution < 1.29 is 4.79 Å². The average Bonchev–Trinajstić information content (AvgIpc) is 2.81. The highest BCUT2D eigenvalue weighted by atomic mass is 16.2. The third-order valence-corrected chi connectivity index (χ3v) is 3.09. The first-order valence-corrected chi connectivity index (χ1v) is 5.63. The van der Waals surface area contributed by atoms with E-state index in [0.717, 1.165) is 25.8 Å². The standard InChI is InChI=1S/C11H17N3O/c1-2-9-5-3-4-8-14(9)11(15)10-6-7-12-13-10/h6-7,9H,2-5,8H2,1H3,(H,12,13). The minimum Gasteiger partial charge on any atom is -0.334 e. The number of carbonyl (C=O) groups is 1. The van der Waals surface area contributed by atoms with Gasteiger partial charge < -0.3 is 4.90 Å². The summed E-state index contributed by atoms with van der Waals surface area (Å²) in [4.78, 5) is 14.1. The van der Waals surface area contributed by atoms with E-state index in [-0.39, 0.29) is 5.91 Å². The van der Waals surface area contributed by atoms with Crippen LogP contribution in [0, 0.1) is 0 Å². The predicted octanol–water partition coefficient (Wildman–Crippen LogP) is 1.81. The summed E-state index contributed by atoms with van der Waals surface area (Å²) in [6.07, 6.45) is 6.16. The van der Waals surface area contributed by atoms with Crippen molar-refractivity contribution in [3.05, 3.63) is 18.0 Å². The molecule has 1 aliphatic heterocycles. The molecule has 0 aromatic carbocycles. The van der Waals surface area contributed by atoms with Crippen LogP contribution in [0.1, 0.15) is 43.1 Å². The Kier molecular flexibility index (Phi) is 3.04. The SMILES string of the molecule is CCC1CCCCN1C(=O)c1ccn[nH]1. The van der Waals surface area contributed by atoms with Gasteiger partial charge >= 0.3 is 0 Å². The van der Waals surface area contributed by atoms with Crippen LogP contribution in [0.2, 0.25) is 0 Å². The van der Waals surface area contributed by atoms with Crippen molar-refractivity contribution in [2.75, 3.05) is 6.54 Å². The maximum atomic E-state index is 12.1. The van der Waals surface area contributed by atoms with E-state index in [9.17, 15) is 4.79 Å². The average molecular weight is 207 g/mol. The molecule has 15 heavy (non-hydrogen) atoms. The van der Waals surface area contributed by atoms with Gasteiger partial charge in [0.2, 0.25) is 0 Å². The van der Waals surface area contributed by atoms with E-state index in [1.807, 2.05) is 4.90 Å². The van der Waals surface area contributed by atoms with Crippen LogP contribution in [0.4, 0.5) is 0 Å². The van der Waals surface area contributed by atoms with Crippen LogP contribution in [0.15, 0.2) is 12.3 Å². The zero-order chi connectivity index (χ0) is 10.7. The van der Waals surface area contributed by atoms with Crippen LogP contribution in [0.5, 0.6) is 0 Å². The molecular formula is C11H17N3O. The number of hydrogen-bond donors (Lipinski definition) is 1. The normalized spacial score (nSPS) is 21.7. The molecule has 1 fully saturated rings. The predicted molar refractivity (Wildman–Crippen MR) is 57.6 cm³/mol. The monoisotopic (exact) mass is 207 g/mol. The summed E-state index contributed by atoms with van der Waals surface area (Å²) < 4.78 is 0. The number of likely N-dealkylation sites (tertiary alicyclic amines) is 1. The van der Waals surface area contributed by atoms with Gasteiger partial charge in [0.05, 0.1) is 0 Å². The third kappa shape index (κ3) is 2.03. The molecule has 1 aromatic rings. The number of H-pyrrole nitrogens is 1. The molecule has 1 saturated heterocycles. The summed E-state index contributed by atoms with van der Waals surface area (Å²) in [5, 5.41) is 6.55. The molecule has 82 valence electrons. The van der Waals surface area contributed by atoms with Gasteiger partial charge in [0.15, 0.2) is 0 Å². The van der Waals surface area contributed by atoms with Gasteiger partial charge in [-0.2, -0.15) is 5.10 Å². The smallest absolute Gasteiger partial charge is 0.272 e. The number of piperidine rings is 1. The first-order valence-electron chi connectivity index (χ1n) is 5.63. The van der Waals surface area contributed by atoms with Crippen LogP contribution in [0.25, 0.3) is 0 Å². The molecule has 1 aromatic heterocycles. The molecule has 1 N–H and O–H groups in total. The summed E-state index contributed by atoms with van der Waals surface area (Å²) in [5.74, 6) is 0.0963. The number of rotatable bonds is 2. The van der Waals surface area contributed by atoms with Crippen molar-refractivity contribution in [1.82, 2.24) is 15.1 Å². The first kappa shape index (κ1) is 10.2. The Morgan fingerprint density at radius 1 is 1.67 bits per heavy atom. The Labute approximate surface area is 89.7 Å². The molecule has 0 radical (unpaired) electrons. The molecule has 2 rings (SSSR count). The fourth-order valence-electron chi connectivity index (χ4n) is 2.22. The fraction of sp³-hybridized carbons (Fsp3) is 0.636. The number of hydrogen-bond acceptors (Lipinski definition) is 2. The van der Waals surface area contributed by atoms with Gasteiger partial charge in [0, 0.05) is 18.8 Å². The highest BCUT2D eigenvalue weighted by Gasteiger charge is 2.26. The Hall–Kier alpha value is -1.32. The summed E-state index contributed by atoms with van der Waals surface area (Å²) >= 11 is 0. The maximum absolute atomic E-state index is 12.1. The van der Waals surface area contributed by atoms with Crippen molar-refractivity contribution >= 4 is 5.91 Å². The lowest BCUT2D eigenvalue weighted by molar-refractivity contribution is 0.0602. The summed E-state index contributed by atoms with van der Waals surface area (Å²) in [7, 11) is 0. The molecule has 0 bridgehead atoms. The Bertz CT molecular complexity index is 321. The van der Waals surface area contributed by atoms with Gasteiger partial charge in [-0.15, -0.1) is 0 Å². The van der Waals surface area contributed by atoms with Gasteiger partial charge in [-0.1, -0.05) is 6.92 Å². The van der Waals surface area contributed by atoms with Crippen LogP contribution < -0.4 is 0 Å². The maximum Gasteiger partial charge on any atom is 0.272 e. The number of amides is 1. The second kappa shape index (κ2) is 4.47. The zero-order valence-electron chi connectivity index (χ0n) is 9.07. The first-order chi connectivity index (χ1) is 7.33. The van der Waals surface area contributed by atoms with E-state index in [4.69, 9.17) is 0 Å². The largest absolute Gasteiger partial charge is 0.334 e. The molecule has 4 heteroatoms. The molecule has 0 aliphatic carbocycles. The second-order valence-electron chi connectivity index (χ2n) is 4.03. The van der Waals surface area contributed by atoms with Crippen LogP contribution in [0.3, 0.4) is 0 Å². The Morgan fingerprint density at radius 2 is 2.53 bits per heavy atom. The van der Waals surface area contributed by atoms with E-state index in [1.165, 1.54) is 6.42 Å². The van der Waals surface area contributed by atoms with Crippen molar-refractivity contribution in [1.29, 1.82) is 0 Å². The minimum atomic E-state index is 0.0963. The molecule has 1 unspecified atom stereocenters. The summed E-state index contributed by atoms with van der Waals surface area (Å²) in [6, 6.07) is 2.15. The zero-order valence-corrected chi connectivity index (χ0v) is 9.07. The van der Waals surface area contributed by atoms with Gasteiger partial charge in [-0.25, -0.2) is 0 Å². The lowest BCUT2D eigenvalue weighted by Crippen LogP contribution is -2.43. The fourth-order valence-corrected chi connectivity index (χ4v) is 2.22.